The lowest BCUT2D eigenvalue weighted by atomic mass is 9.63. The van der Waals surface area contributed by atoms with E-state index in [1.807, 2.05) is 0 Å². The molecule has 0 aliphatic heterocycles. The molecule has 2 nitrogen and oxygen atoms in total. The Labute approximate surface area is 85.7 Å². The maximum Gasteiger partial charge on any atom is 0.226 e. The van der Waals surface area contributed by atoms with Gasteiger partial charge in [-0.3, -0.25) is 0 Å². The second-order valence-electron chi connectivity index (χ2n) is 5.87. The van der Waals surface area contributed by atoms with Crippen molar-refractivity contribution in [1.82, 2.24) is 0 Å². The van der Waals surface area contributed by atoms with Crippen molar-refractivity contribution in [3.8, 4) is 0 Å². The molecule has 4 aliphatic rings. The highest BCUT2D eigenvalue weighted by Gasteiger charge is 2.51. The van der Waals surface area contributed by atoms with E-state index in [2.05, 4.69) is 4.85 Å². The predicted molar refractivity (Wildman–Crippen MR) is 55.5 cm³/mol. The fourth-order valence-electron chi connectivity index (χ4n) is 4.42. The maximum atomic E-state index is 7.27. The molecule has 5 atom stereocenters. The monoisotopic (exact) mass is 190 g/mol. The maximum absolute atomic E-state index is 7.27. The summed E-state index contributed by atoms with van der Waals surface area (Å²) in [5, 5.41) is 0. The van der Waals surface area contributed by atoms with E-state index in [1.54, 1.807) is 0 Å². The minimum Gasteiger partial charge on any atom is -0.325 e. The van der Waals surface area contributed by atoms with Crippen molar-refractivity contribution in [2.24, 2.45) is 23.5 Å². The van der Waals surface area contributed by atoms with Gasteiger partial charge < -0.3 is 10.6 Å². The number of hydrogen-bond donors (Lipinski definition) is 1. The summed E-state index contributed by atoms with van der Waals surface area (Å²) in [7, 11) is 0. The van der Waals surface area contributed by atoms with Crippen LogP contribution in [0.1, 0.15) is 38.5 Å². The van der Waals surface area contributed by atoms with Crippen molar-refractivity contribution in [3.63, 3.8) is 0 Å². The smallest absolute Gasteiger partial charge is 0.226 e. The minimum atomic E-state index is 0.121. The van der Waals surface area contributed by atoms with E-state index in [1.165, 1.54) is 25.7 Å². The third kappa shape index (κ3) is 1.19. The molecule has 4 saturated carbocycles. The Morgan fingerprint density at radius 1 is 1.07 bits per heavy atom. The van der Waals surface area contributed by atoms with Crippen molar-refractivity contribution in [1.29, 1.82) is 0 Å². The highest BCUT2D eigenvalue weighted by molar-refractivity contribution is 5.08. The van der Waals surface area contributed by atoms with Crippen LogP contribution >= 0.6 is 0 Å². The SMILES string of the molecule is [C-]#[N+]C1CC2CC3CC1CC(N)(C3)C2. The highest BCUT2D eigenvalue weighted by atomic mass is 14.8. The van der Waals surface area contributed by atoms with E-state index in [9.17, 15) is 0 Å². The van der Waals surface area contributed by atoms with Crippen LogP contribution in [0, 0.1) is 24.3 Å². The molecule has 4 bridgehead atoms. The molecule has 0 aromatic heterocycles. The summed E-state index contributed by atoms with van der Waals surface area (Å²) in [6.45, 7) is 7.27. The first-order valence-corrected chi connectivity index (χ1v) is 5.84. The Balaban J connectivity index is 1.96. The summed E-state index contributed by atoms with van der Waals surface area (Å²) in [5.74, 6) is 2.25. The summed E-state index contributed by atoms with van der Waals surface area (Å²) < 4.78 is 0. The summed E-state index contributed by atoms with van der Waals surface area (Å²) in [4.78, 5) is 3.83. The van der Waals surface area contributed by atoms with Crippen molar-refractivity contribution < 1.29 is 0 Å². The van der Waals surface area contributed by atoms with Crippen molar-refractivity contribution >= 4 is 0 Å². The van der Waals surface area contributed by atoms with Crippen LogP contribution in [-0.2, 0) is 0 Å². The van der Waals surface area contributed by atoms with E-state index in [0.717, 1.165) is 24.7 Å². The highest BCUT2D eigenvalue weighted by Crippen LogP contribution is 2.52. The van der Waals surface area contributed by atoms with E-state index < -0.39 is 0 Å². The zero-order valence-electron chi connectivity index (χ0n) is 8.58. The van der Waals surface area contributed by atoms with Gasteiger partial charge >= 0.3 is 0 Å². The molecule has 2 N–H and O–H groups in total. The Hall–Kier alpha value is -0.550. The molecule has 4 aliphatic carbocycles. The molecule has 5 unspecified atom stereocenters. The average Bonchev–Trinajstić information content (AvgIpc) is 2.26. The van der Waals surface area contributed by atoms with Crippen molar-refractivity contribution in [2.45, 2.75) is 50.1 Å². The van der Waals surface area contributed by atoms with Gasteiger partial charge in [0.25, 0.3) is 0 Å². The first-order valence-electron chi connectivity index (χ1n) is 5.84. The van der Waals surface area contributed by atoms with Gasteiger partial charge in [0.1, 0.15) is 0 Å². The van der Waals surface area contributed by atoms with E-state index in [0.29, 0.717) is 12.0 Å². The molecule has 14 heavy (non-hydrogen) atoms. The lowest BCUT2D eigenvalue weighted by molar-refractivity contribution is 0.103. The second-order valence-corrected chi connectivity index (χ2v) is 5.87. The molecule has 0 aromatic carbocycles. The standard InChI is InChI=1S/C12H18N2/c1-14-11-4-9-2-8-3-10(11)7-12(13,5-8)6-9/h8-11H,2-7,13H2. The third-order valence-corrected chi connectivity index (χ3v) is 4.65. The van der Waals surface area contributed by atoms with Gasteiger partial charge in [-0.05, 0) is 43.9 Å². The molecule has 0 spiro atoms. The number of nitrogens with two attached hydrogens (primary N) is 1. The molecule has 0 saturated heterocycles. The molecule has 0 heterocycles. The summed E-state index contributed by atoms with van der Waals surface area (Å²) in [6, 6.07) is 0.302. The van der Waals surface area contributed by atoms with Crippen LogP contribution in [0.25, 0.3) is 4.85 Å². The third-order valence-electron chi connectivity index (χ3n) is 4.65. The summed E-state index contributed by atoms with van der Waals surface area (Å²) in [5.41, 5.74) is 6.56. The van der Waals surface area contributed by atoms with Gasteiger partial charge in [0.15, 0.2) is 0 Å². The Morgan fingerprint density at radius 3 is 2.43 bits per heavy atom. The van der Waals surface area contributed by atoms with Gasteiger partial charge in [0.2, 0.25) is 6.04 Å². The quantitative estimate of drug-likeness (QED) is 0.583. The lowest BCUT2D eigenvalue weighted by Crippen LogP contribution is -2.50. The lowest BCUT2D eigenvalue weighted by Gasteiger charge is -2.45. The van der Waals surface area contributed by atoms with E-state index >= 15 is 0 Å². The second kappa shape index (κ2) is 2.73. The topological polar surface area (TPSA) is 30.4 Å². The van der Waals surface area contributed by atoms with Crippen molar-refractivity contribution in [3.05, 3.63) is 11.4 Å². The fourth-order valence-corrected chi connectivity index (χ4v) is 4.42. The molecule has 0 amide bonds. The normalized spacial score (nSPS) is 55.4. The van der Waals surface area contributed by atoms with Crippen LogP contribution in [0.15, 0.2) is 0 Å². The summed E-state index contributed by atoms with van der Waals surface area (Å²) >= 11 is 0. The van der Waals surface area contributed by atoms with E-state index in [-0.39, 0.29) is 5.54 Å². The molecule has 2 heteroatoms. The molecular formula is C12H18N2. The molecule has 0 aromatic rings. The van der Waals surface area contributed by atoms with Crippen LogP contribution in [0.2, 0.25) is 0 Å². The van der Waals surface area contributed by atoms with Crippen LogP contribution in [0.3, 0.4) is 0 Å². The molecule has 0 radical (unpaired) electrons. The van der Waals surface area contributed by atoms with Crippen LogP contribution in [0.4, 0.5) is 0 Å². The molecule has 76 valence electrons. The van der Waals surface area contributed by atoms with Gasteiger partial charge in [-0.15, -0.1) is 0 Å². The zero-order chi connectivity index (χ0) is 9.76. The Morgan fingerprint density at radius 2 is 1.79 bits per heavy atom. The molecule has 4 fully saturated rings. The average molecular weight is 190 g/mol. The number of fused-ring (bicyclic) bond motifs is 1. The fraction of sp³-hybridized carbons (Fsp3) is 0.917. The van der Waals surface area contributed by atoms with Gasteiger partial charge in [0.05, 0.1) is 0 Å². The number of hydrogen-bond acceptors (Lipinski definition) is 1. The van der Waals surface area contributed by atoms with Crippen molar-refractivity contribution in [2.75, 3.05) is 0 Å². The zero-order valence-corrected chi connectivity index (χ0v) is 8.58. The summed E-state index contributed by atoms with van der Waals surface area (Å²) in [6.07, 6.45) is 7.37. The van der Waals surface area contributed by atoms with Crippen LogP contribution < -0.4 is 5.73 Å². The van der Waals surface area contributed by atoms with Crippen LogP contribution in [0.5, 0.6) is 0 Å². The van der Waals surface area contributed by atoms with Crippen LogP contribution in [-0.4, -0.2) is 11.6 Å². The Kier molecular flexibility index (Phi) is 1.70. The molecular weight excluding hydrogens is 172 g/mol. The Bertz CT molecular complexity index is 293. The van der Waals surface area contributed by atoms with Gasteiger partial charge in [-0.25, -0.2) is 6.57 Å². The number of nitrogens with zero attached hydrogens (tertiary/aromatic N) is 1. The first kappa shape index (κ1) is 8.73. The molecule has 4 rings (SSSR count). The van der Waals surface area contributed by atoms with Gasteiger partial charge in [-0.1, -0.05) is 0 Å². The number of rotatable bonds is 0. The van der Waals surface area contributed by atoms with E-state index in [4.69, 9.17) is 12.3 Å². The minimum absolute atomic E-state index is 0.121. The largest absolute Gasteiger partial charge is 0.325 e. The van der Waals surface area contributed by atoms with Gasteiger partial charge in [0, 0.05) is 17.9 Å². The first-order chi connectivity index (χ1) is 6.68. The predicted octanol–water partition coefficient (Wildman–Crippen LogP) is 2.20. The van der Waals surface area contributed by atoms with Gasteiger partial charge in [-0.2, -0.15) is 0 Å².